The molecule has 0 amide bonds. The number of anilines is 1. The molecule has 3 nitrogen and oxygen atoms in total. The summed E-state index contributed by atoms with van der Waals surface area (Å²) in [6, 6.07) is 8.90. The molecule has 1 unspecified atom stereocenters. The van der Waals surface area contributed by atoms with Crippen LogP contribution in [0.5, 0.6) is 0 Å². The molecule has 1 fully saturated rings. The average molecular weight is 312 g/mol. The van der Waals surface area contributed by atoms with E-state index in [2.05, 4.69) is 70.9 Å². The highest BCUT2D eigenvalue weighted by Gasteiger charge is 2.38. The second-order valence-electron chi connectivity index (χ2n) is 5.75. The first kappa shape index (κ1) is 13.8. The minimum absolute atomic E-state index is 0.102. The SMILES string of the molecule is CN1CC(CN)N(c2ccc(Br)cc2)C(C)(C)C1. The summed E-state index contributed by atoms with van der Waals surface area (Å²) in [6.45, 7) is 7.33. The minimum Gasteiger partial charge on any atom is -0.360 e. The molecule has 1 saturated heterocycles. The van der Waals surface area contributed by atoms with Crippen molar-refractivity contribution in [2.24, 2.45) is 5.73 Å². The summed E-state index contributed by atoms with van der Waals surface area (Å²) in [5.74, 6) is 0. The van der Waals surface area contributed by atoms with Gasteiger partial charge in [-0.15, -0.1) is 0 Å². The second-order valence-corrected chi connectivity index (χ2v) is 6.66. The van der Waals surface area contributed by atoms with E-state index in [4.69, 9.17) is 5.73 Å². The molecule has 1 heterocycles. The Hall–Kier alpha value is -0.580. The molecule has 0 aromatic heterocycles. The fourth-order valence-corrected chi connectivity index (χ4v) is 3.34. The van der Waals surface area contributed by atoms with Crippen molar-refractivity contribution in [2.45, 2.75) is 25.4 Å². The van der Waals surface area contributed by atoms with Crippen LogP contribution in [0.1, 0.15) is 13.8 Å². The van der Waals surface area contributed by atoms with E-state index in [-0.39, 0.29) is 5.54 Å². The number of nitrogens with two attached hydrogens (primary N) is 1. The van der Waals surface area contributed by atoms with Crippen molar-refractivity contribution in [1.29, 1.82) is 0 Å². The highest BCUT2D eigenvalue weighted by atomic mass is 79.9. The molecule has 0 spiro atoms. The maximum Gasteiger partial charge on any atom is 0.0545 e. The molecular weight excluding hydrogens is 290 g/mol. The van der Waals surface area contributed by atoms with E-state index in [1.807, 2.05) is 0 Å². The first-order valence-corrected chi connectivity index (χ1v) is 7.17. The number of piperazine rings is 1. The van der Waals surface area contributed by atoms with Gasteiger partial charge in [0.2, 0.25) is 0 Å². The molecule has 0 bridgehead atoms. The number of nitrogens with zero attached hydrogens (tertiary/aromatic N) is 2. The maximum absolute atomic E-state index is 5.97. The normalized spacial score (nSPS) is 24.3. The summed E-state index contributed by atoms with van der Waals surface area (Å²) in [5.41, 5.74) is 7.32. The lowest BCUT2D eigenvalue weighted by atomic mass is 9.94. The van der Waals surface area contributed by atoms with Gasteiger partial charge in [-0.05, 0) is 45.2 Å². The molecule has 0 saturated carbocycles. The van der Waals surface area contributed by atoms with Crippen molar-refractivity contribution in [3.05, 3.63) is 28.7 Å². The molecule has 100 valence electrons. The number of likely N-dealkylation sites (N-methyl/N-ethyl adjacent to an activating group) is 1. The Bertz CT molecular complexity index is 402. The van der Waals surface area contributed by atoms with Crippen LogP contribution < -0.4 is 10.6 Å². The molecule has 2 rings (SSSR count). The monoisotopic (exact) mass is 311 g/mol. The fraction of sp³-hybridized carbons (Fsp3) is 0.571. The van der Waals surface area contributed by atoms with Gasteiger partial charge in [0, 0.05) is 35.3 Å². The summed E-state index contributed by atoms with van der Waals surface area (Å²) in [4.78, 5) is 4.84. The molecule has 0 aliphatic carbocycles. The second kappa shape index (κ2) is 5.19. The van der Waals surface area contributed by atoms with Crippen LogP contribution in [0.4, 0.5) is 5.69 Å². The molecule has 1 aliphatic rings. The minimum atomic E-state index is 0.102. The van der Waals surface area contributed by atoms with Crippen LogP contribution >= 0.6 is 15.9 Å². The van der Waals surface area contributed by atoms with Crippen LogP contribution in [0, 0.1) is 0 Å². The highest BCUT2D eigenvalue weighted by molar-refractivity contribution is 9.10. The molecule has 18 heavy (non-hydrogen) atoms. The van der Waals surface area contributed by atoms with Gasteiger partial charge in [-0.1, -0.05) is 15.9 Å². The van der Waals surface area contributed by atoms with Gasteiger partial charge >= 0.3 is 0 Å². The van der Waals surface area contributed by atoms with Crippen molar-refractivity contribution in [1.82, 2.24) is 4.90 Å². The Morgan fingerprint density at radius 3 is 2.50 bits per heavy atom. The fourth-order valence-electron chi connectivity index (χ4n) is 3.08. The molecule has 4 heteroatoms. The van der Waals surface area contributed by atoms with Crippen LogP contribution in [0.2, 0.25) is 0 Å². The van der Waals surface area contributed by atoms with Crippen molar-refractivity contribution < 1.29 is 0 Å². The molecule has 2 N–H and O–H groups in total. The zero-order valence-electron chi connectivity index (χ0n) is 11.4. The Balaban J connectivity index is 2.34. The van der Waals surface area contributed by atoms with E-state index >= 15 is 0 Å². The third-order valence-electron chi connectivity index (χ3n) is 3.57. The first-order valence-electron chi connectivity index (χ1n) is 6.37. The van der Waals surface area contributed by atoms with Crippen LogP contribution in [0.3, 0.4) is 0 Å². The van der Waals surface area contributed by atoms with Gasteiger partial charge in [0.1, 0.15) is 0 Å². The van der Waals surface area contributed by atoms with E-state index in [9.17, 15) is 0 Å². The van der Waals surface area contributed by atoms with Gasteiger partial charge in [-0.25, -0.2) is 0 Å². The Kier molecular flexibility index (Phi) is 3.99. The third kappa shape index (κ3) is 2.71. The van der Waals surface area contributed by atoms with Crippen LogP contribution in [0.25, 0.3) is 0 Å². The van der Waals surface area contributed by atoms with Crippen LogP contribution in [0.15, 0.2) is 28.7 Å². The van der Waals surface area contributed by atoms with E-state index < -0.39 is 0 Å². The molecule has 1 atom stereocenters. The quantitative estimate of drug-likeness (QED) is 0.909. The zero-order valence-corrected chi connectivity index (χ0v) is 12.9. The summed E-state index contributed by atoms with van der Waals surface area (Å²) in [7, 11) is 2.17. The standard InChI is InChI=1S/C14H22BrN3/c1-14(2)10-17(3)9-13(8-16)18(14)12-6-4-11(15)5-7-12/h4-7,13H,8-10,16H2,1-3H3. The van der Waals surface area contributed by atoms with E-state index in [1.54, 1.807) is 0 Å². The van der Waals surface area contributed by atoms with Gasteiger partial charge in [-0.2, -0.15) is 0 Å². The van der Waals surface area contributed by atoms with Gasteiger partial charge in [0.05, 0.1) is 6.04 Å². The van der Waals surface area contributed by atoms with Crippen LogP contribution in [-0.4, -0.2) is 43.2 Å². The number of hydrogen-bond acceptors (Lipinski definition) is 3. The highest BCUT2D eigenvalue weighted by Crippen LogP contribution is 2.31. The van der Waals surface area contributed by atoms with E-state index in [0.717, 1.165) is 17.6 Å². The lowest BCUT2D eigenvalue weighted by molar-refractivity contribution is 0.182. The lowest BCUT2D eigenvalue weighted by Gasteiger charge is -2.52. The topological polar surface area (TPSA) is 32.5 Å². The van der Waals surface area contributed by atoms with Crippen molar-refractivity contribution >= 4 is 21.6 Å². The molecular formula is C14H22BrN3. The molecule has 0 radical (unpaired) electrons. The summed E-state index contributed by atoms with van der Waals surface area (Å²) in [6.07, 6.45) is 0. The van der Waals surface area contributed by atoms with Crippen molar-refractivity contribution in [2.75, 3.05) is 31.6 Å². The zero-order chi connectivity index (χ0) is 13.3. The van der Waals surface area contributed by atoms with Gasteiger partial charge in [0.15, 0.2) is 0 Å². The average Bonchev–Trinajstić information content (AvgIpc) is 2.28. The molecule has 1 aromatic carbocycles. The van der Waals surface area contributed by atoms with E-state index in [1.165, 1.54) is 5.69 Å². The number of rotatable bonds is 2. The first-order chi connectivity index (χ1) is 8.44. The van der Waals surface area contributed by atoms with Crippen molar-refractivity contribution in [3.63, 3.8) is 0 Å². The predicted molar refractivity (Wildman–Crippen MR) is 81.0 cm³/mol. The summed E-state index contributed by atoms with van der Waals surface area (Å²) >= 11 is 3.49. The Labute approximate surface area is 118 Å². The largest absolute Gasteiger partial charge is 0.360 e. The van der Waals surface area contributed by atoms with Gasteiger partial charge in [0.25, 0.3) is 0 Å². The number of hydrogen-bond donors (Lipinski definition) is 1. The predicted octanol–water partition coefficient (Wildman–Crippen LogP) is 2.31. The number of benzene rings is 1. The summed E-state index contributed by atoms with van der Waals surface area (Å²) in [5, 5.41) is 0. The van der Waals surface area contributed by atoms with Crippen molar-refractivity contribution in [3.8, 4) is 0 Å². The Morgan fingerprint density at radius 2 is 1.94 bits per heavy atom. The third-order valence-corrected chi connectivity index (χ3v) is 4.10. The smallest absolute Gasteiger partial charge is 0.0545 e. The molecule has 1 aromatic rings. The number of halogens is 1. The van der Waals surface area contributed by atoms with Gasteiger partial charge < -0.3 is 15.5 Å². The molecule has 1 aliphatic heterocycles. The van der Waals surface area contributed by atoms with E-state index in [0.29, 0.717) is 12.6 Å². The maximum atomic E-state index is 5.97. The van der Waals surface area contributed by atoms with Gasteiger partial charge in [-0.3, -0.25) is 0 Å². The van der Waals surface area contributed by atoms with Crippen LogP contribution in [-0.2, 0) is 0 Å². The summed E-state index contributed by atoms with van der Waals surface area (Å²) < 4.78 is 1.11. The lowest BCUT2D eigenvalue weighted by Crippen LogP contribution is -2.65. The Morgan fingerprint density at radius 1 is 1.33 bits per heavy atom.